The molecule has 2 heterocycles. The molecule has 0 aliphatic rings. The molecule has 0 aliphatic heterocycles. The van der Waals surface area contributed by atoms with E-state index in [9.17, 15) is 9.59 Å². The van der Waals surface area contributed by atoms with Crippen LogP contribution >= 0.6 is 0 Å². The van der Waals surface area contributed by atoms with Crippen molar-refractivity contribution in [2.75, 3.05) is 5.32 Å². The molecule has 1 amide bonds. The zero-order valence-corrected chi connectivity index (χ0v) is 9.25. The molecule has 0 saturated heterocycles. The van der Waals surface area contributed by atoms with Crippen LogP contribution in [0.3, 0.4) is 0 Å². The monoisotopic (exact) mass is 250 g/mol. The molecule has 2 N–H and O–H groups in total. The highest BCUT2D eigenvalue weighted by molar-refractivity contribution is 6.00. The summed E-state index contributed by atoms with van der Waals surface area (Å²) in [7, 11) is 0. The Bertz CT molecular complexity index is 544. The molecule has 0 aliphatic carbocycles. The molecule has 0 unspecified atom stereocenters. The summed E-state index contributed by atoms with van der Waals surface area (Å²) in [6.07, 6.45) is 2.89. The zero-order valence-electron chi connectivity index (χ0n) is 9.25. The summed E-state index contributed by atoms with van der Waals surface area (Å²) in [5.41, 5.74) is 0.465. The van der Waals surface area contributed by atoms with Gasteiger partial charge < -0.3 is 13.9 Å². The Balaban J connectivity index is 1.94. The fourth-order valence-corrected chi connectivity index (χ4v) is 1.28. The number of nitrogens with zero attached hydrogens (tertiary/aromatic N) is 1. The lowest BCUT2D eigenvalue weighted by Crippen LogP contribution is -2.11. The SMILES string of the molecule is O=C(O)CCc1coc(NC(=O)c2ccco2)n1. The van der Waals surface area contributed by atoms with Crippen LogP contribution in [0.5, 0.6) is 0 Å². The molecule has 0 spiro atoms. The number of carbonyl (C=O) groups is 2. The Morgan fingerprint density at radius 1 is 1.39 bits per heavy atom. The Hall–Kier alpha value is -2.57. The van der Waals surface area contributed by atoms with Gasteiger partial charge in [-0.15, -0.1) is 0 Å². The van der Waals surface area contributed by atoms with Crippen LogP contribution < -0.4 is 5.32 Å². The molecule has 2 rings (SSSR count). The van der Waals surface area contributed by atoms with Crippen molar-refractivity contribution in [2.45, 2.75) is 12.8 Å². The van der Waals surface area contributed by atoms with Crippen LogP contribution in [0.2, 0.25) is 0 Å². The number of carboxylic acids is 1. The van der Waals surface area contributed by atoms with E-state index in [0.717, 1.165) is 0 Å². The van der Waals surface area contributed by atoms with Gasteiger partial charge in [-0.2, -0.15) is 4.98 Å². The maximum Gasteiger partial charge on any atom is 0.303 e. The lowest BCUT2D eigenvalue weighted by Gasteiger charge is -1.95. The van der Waals surface area contributed by atoms with E-state index in [2.05, 4.69) is 10.3 Å². The fraction of sp³-hybridized carbons (Fsp3) is 0.182. The number of anilines is 1. The second-order valence-corrected chi connectivity index (χ2v) is 3.47. The summed E-state index contributed by atoms with van der Waals surface area (Å²) >= 11 is 0. The van der Waals surface area contributed by atoms with Crippen molar-refractivity contribution in [3.8, 4) is 0 Å². The lowest BCUT2D eigenvalue weighted by molar-refractivity contribution is -0.136. The molecule has 0 bridgehead atoms. The molecular formula is C11H10N2O5. The molecule has 0 fully saturated rings. The number of amides is 1. The van der Waals surface area contributed by atoms with Crippen molar-refractivity contribution in [2.24, 2.45) is 0 Å². The topological polar surface area (TPSA) is 106 Å². The summed E-state index contributed by atoms with van der Waals surface area (Å²) in [5, 5.41) is 10.9. The van der Waals surface area contributed by atoms with Gasteiger partial charge in [-0.3, -0.25) is 14.9 Å². The largest absolute Gasteiger partial charge is 0.481 e. The first-order valence-corrected chi connectivity index (χ1v) is 5.16. The number of carboxylic acid groups (broad SMARTS) is 1. The Labute approximate surface area is 101 Å². The predicted molar refractivity (Wildman–Crippen MR) is 59.1 cm³/mol. The highest BCUT2D eigenvalue weighted by atomic mass is 16.4. The van der Waals surface area contributed by atoms with Crippen LogP contribution in [-0.4, -0.2) is 22.0 Å². The standard InChI is InChI=1S/C11H10N2O5/c14-9(15)4-3-7-6-18-11(12-7)13-10(16)8-2-1-5-17-8/h1-2,5-6H,3-4H2,(H,14,15)(H,12,13,16). The molecule has 7 heteroatoms. The summed E-state index contributed by atoms with van der Waals surface area (Å²) < 4.78 is 9.88. The van der Waals surface area contributed by atoms with Crippen LogP contribution in [0.15, 0.2) is 33.5 Å². The molecule has 0 aromatic carbocycles. The smallest absolute Gasteiger partial charge is 0.303 e. The predicted octanol–water partition coefficient (Wildman–Crippen LogP) is 1.54. The van der Waals surface area contributed by atoms with Gasteiger partial charge in [0.1, 0.15) is 6.26 Å². The Kier molecular flexibility index (Phi) is 3.42. The van der Waals surface area contributed by atoms with Crippen molar-refractivity contribution < 1.29 is 23.5 Å². The van der Waals surface area contributed by atoms with E-state index in [1.165, 1.54) is 18.6 Å². The molecule has 94 valence electrons. The summed E-state index contributed by atoms with van der Waals surface area (Å²) in [6.45, 7) is 0. The van der Waals surface area contributed by atoms with E-state index in [1.807, 2.05) is 0 Å². The maximum atomic E-state index is 11.6. The van der Waals surface area contributed by atoms with Gasteiger partial charge in [-0.1, -0.05) is 0 Å². The van der Waals surface area contributed by atoms with E-state index in [-0.39, 0.29) is 24.6 Å². The second-order valence-electron chi connectivity index (χ2n) is 3.47. The minimum Gasteiger partial charge on any atom is -0.481 e. The highest BCUT2D eigenvalue weighted by Crippen LogP contribution is 2.11. The van der Waals surface area contributed by atoms with Crippen molar-refractivity contribution in [1.29, 1.82) is 0 Å². The minimum atomic E-state index is -0.917. The van der Waals surface area contributed by atoms with Gasteiger partial charge in [0, 0.05) is 6.42 Å². The third kappa shape index (κ3) is 2.97. The van der Waals surface area contributed by atoms with Crippen LogP contribution in [0.4, 0.5) is 6.01 Å². The van der Waals surface area contributed by atoms with E-state index in [4.69, 9.17) is 13.9 Å². The molecule has 2 aromatic heterocycles. The van der Waals surface area contributed by atoms with Crippen LogP contribution in [-0.2, 0) is 11.2 Å². The quantitative estimate of drug-likeness (QED) is 0.833. The third-order valence-electron chi connectivity index (χ3n) is 2.11. The fourth-order valence-electron chi connectivity index (χ4n) is 1.28. The lowest BCUT2D eigenvalue weighted by atomic mass is 10.2. The average molecular weight is 250 g/mol. The van der Waals surface area contributed by atoms with Crippen molar-refractivity contribution in [1.82, 2.24) is 4.98 Å². The molecule has 7 nitrogen and oxygen atoms in total. The van der Waals surface area contributed by atoms with Crippen molar-refractivity contribution in [3.05, 3.63) is 36.1 Å². The average Bonchev–Trinajstić information content (AvgIpc) is 2.97. The van der Waals surface area contributed by atoms with Crippen molar-refractivity contribution in [3.63, 3.8) is 0 Å². The molecule has 18 heavy (non-hydrogen) atoms. The number of aliphatic carboxylic acids is 1. The van der Waals surface area contributed by atoms with E-state index in [1.54, 1.807) is 6.07 Å². The number of rotatable bonds is 5. The third-order valence-corrected chi connectivity index (χ3v) is 2.11. The number of carbonyl (C=O) groups excluding carboxylic acids is 1. The van der Waals surface area contributed by atoms with Gasteiger partial charge in [-0.25, -0.2) is 0 Å². The molecule has 0 saturated carbocycles. The summed E-state index contributed by atoms with van der Waals surface area (Å²) in [5.74, 6) is -1.26. The number of hydrogen-bond acceptors (Lipinski definition) is 5. The van der Waals surface area contributed by atoms with Gasteiger partial charge in [0.25, 0.3) is 5.91 Å². The number of aryl methyl sites for hydroxylation is 1. The first-order chi connectivity index (χ1) is 8.65. The van der Waals surface area contributed by atoms with Gasteiger partial charge >= 0.3 is 12.0 Å². The minimum absolute atomic E-state index is 0.0109. The van der Waals surface area contributed by atoms with E-state index >= 15 is 0 Å². The summed E-state index contributed by atoms with van der Waals surface area (Å²) in [6, 6.07) is 3.10. The first kappa shape index (κ1) is 11.9. The van der Waals surface area contributed by atoms with Crippen LogP contribution in [0.25, 0.3) is 0 Å². The molecule has 0 atom stereocenters. The number of aromatic nitrogens is 1. The number of oxazole rings is 1. The molecule has 2 aromatic rings. The highest BCUT2D eigenvalue weighted by Gasteiger charge is 2.12. The number of furan rings is 1. The van der Waals surface area contributed by atoms with Gasteiger partial charge in [0.05, 0.1) is 18.4 Å². The van der Waals surface area contributed by atoms with Gasteiger partial charge in [-0.05, 0) is 12.1 Å². The van der Waals surface area contributed by atoms with Crippen LogP contribution in [0, 0.1) is 0 Å². The normalized spacial score (nSPS) is 10.2. The summed E-state index contributed by atoms with van der Waals surface area (Å²) in [4.78, 5) is 25.9. The van der Waals surface area contributed by atoms with Crippen LogP contribution in [0.1, 0.15) is 22.7 Å². The van der Waals surface area contributed by atoms with E-state index < -0.39 is 11.9 Å². The van der Waals surface area contributed by atoms with Crippen molar-refractivity contribution >= 4 is 17.9 Å². The maximum absolute atomic E-state index is 11.6. The number of hydrogen-bond donors (Lipinski definition) is 2. The first-order valence-electron chi connectivity index (χ1n) is 5.16. The Morgan fingerprint density at radius 2 is 2.22 bits per heavy atom. The van der Waals surface area contributed by atoms with E-state index in [0.29, 0.717) is 5.69 Å². The Morgan fingerprint density at radius 3 is 2.89 bits per heavy atom. The zero-order chi connectivity index (χ0) is 13.0. The number of nitrogens with one attached hydrogen (secondary N) is 1. The molecular weight excluding hydrogens is 240 g/mol. The van der Waals surface area contributed by atoms with Gasteiger partial charge in [0.15, 0.2) is 5.76 Å². The molecule has 0 radical (unpaired) electrons. The van der Waals surface area contributed by atoms with Gasteiger partial charge in [0.2, 0.25) is 0 Å². The second kappa shape index (κ2) is 5.17.